The van der Waals surface area contributed by atoms with Gasteiger partial charge < -0.3 is 19.3 Å². The topological polar surface area (TPSA) is 76.6 Å². The number of benzene rings is 2. The number of hydrogen-bond acceptors (Lipinski definition) is 6. The first-order valence-corrected chi connectivity index (χ1v) is 12.7. The number of likely N-dealkylation sites (tertiary alicyclic amines) is 1. The summed E-state index contributed by atoms with van der Waals surface area (Å²) in [6, 6.07) is 13.2. The number of hydrogen-bond donors (Lipinski definition) is 0. The molecular formula is C29H28N6O3. The Labute approximate surface area is 221 Å². The Hall–Kier alpha value is -4.42. The molecule has 9 nitrogen and oxygen atoms in total. The van der Waals surface area contributed by atoms with E-state index in [1.807, 2.05) is 40.9 Å². The van der Waals surface area contributed by atoms with Crippen LogP contribution >= 0.6 is 0 Å². The first kappa shape index (κ1) is 23.9. The molecule has 0 radical (unpaired) electrons. The van der Waals surface area contributed by atoms with Crippen LogP contribution in [0, 0.1) is 12.5 Å². The van der Waals surface area contributed by atoms with Crippen LogP contribution in [0.15, 0.2) is 54.9 Å². The van der Waals surface area contributed by atoms with E-state index in [2.05, 4.69) is 21.8 Å². The fourth-order valence-corrected chi connectivity index (χ4v) is 5.26. The minimum absolute atomic E-state index is 0.000232. The molecule has 9 heteroatoms. The Balaban J connectivity index is 1.47. The summed E-state index contributed by atoms with van der Waals surface area (Å²) in [7, 11) is 3.90. The van der Waals surface area contributed by atoms with Crippen molar-refractivity contribution in [2.24, 2.45) is 5.92 Å². The van der Waals surface area contributed by atoms with Crippen molar-refractivity contribution in [1.29, 1.82) is 0 Å². The van der Waals surface area contributed by atoms with Gasteiger partial charge in [-0.3, -0.25) is 9.20 Å². The van der Waals surface area contributed by atoms with E-state index in [0.717, 1.165) is 48.4 Å². The Morgan fingerprint density at radius 2 is 1.97 bits per heavy atom. The predicted octanol–water partition coefficient (Wildman–Crippen LogP) is 4.69. The van der Waals surface area contributed by atoms with Gasteiger partial charge >= 0.3 is 0 Å². The van der Waals surface area contributed by atoms with E-state index in [-0.39, 0.29) is 12.5 Å². The van der Waals surface area contributed by atoms with Crippen LogP contribution in [0.1, 0.15) is 12.8 Å². The lowest BCUT2D eigenvalue weighted by Gasteiger charge is -2.29. The lowest BCUT2D eigenvalue weighted by atomic mass is 10.00. The highest BCUT2D eigenvalue weighted by atomic mass is 16.5. The fourth-order valence-electron chi connectivity index (χ4n) is 5.26. The molecule has 38 heavy (non-hydrogen) atoms. The highest BCUT2D eigenvalue weighted by Crippen LogP contribution is 2.40. The van der Waals surface area contributed by atoms with Crippen LogP contribution in [-0.2, 0) is 4.79 Å². The molecule has 0 bridgehead atoms. The molecule has 4 aromatic rings. The van der Waals surface area contributed by atoms with Gasteiger partial charge in [0.1, 0.15) is 5.75 Å². The van der Waals surface area contributed by atoms with Gasteiger partial charge in [-0.2, -0.15) is 0 Å². The number of ether oxygens (including phenoxy) is 2. The highest BCUT2D eigenvalue weighted by molar-refractivity contribution is 5.98. The first-order valence-electron chi connectivity index (χ1n) is 12.7. The molecule has 6 rings (SSSR count). The van der Waals surface area contributed by atoms with Crippen LogP contribution in [0.3, 0.4) is 0 Å². The Bertz CT molecular complexity index is 1560. The maximum atomic E-state index is 12.1. The predicted molar refractivity (Wildman–Crippen MR) is 145 cm³/mol. The van der Waals surface area contributed by atoms with E-state index in [4.69, 9.17) is 21.0 Å². The second kappa shape index (κ2) is 9.80. The standard InChI is InChI=1S/C29H28N6O3/c1-30-22-9-6-20(7-10-22)26-27(21-8-11-23-24(15-21)37-18-25(36)34(23)3)35-14-12-31-28(35)29(32-26)38-17-19-5-4-13-33(2)16-19/h6-12,14-15,19H,4-5,13,16-18H2,2-3H3/t19-/m1/s1. The van der Waals surface area contributed by atoms with Crippen molar-refractivity contribution >= 4 is 22.9 Å². The van der Waals surface area contributed by atoms with E-state index < -0.39 is 0 Å². The third-order valence-electron chi connectivity index (χ3n) is 7.28. The van der Waals surface area contributed by atoms with Gasteiger partial charge in [-0.25, -0.2) is 14.8 Å². The van der Waals surface area contributed by atoms with Crippen molar-refractivity contribution in [2.75, 3.05) is 45.3 Å². The molecule has 1 atom stereocenters. The molecule has 2 aromatic heterocycles. The van der Waals surface area contributed by atoms with Crippen LogP contribution in [0.4, 0.5) is 11.4 Å². The van der Waals surface area contributed by atoms with Gasteiger partial charge in [0.2, 0.25) is 5.65 Å². The summed E-state index contributed by atoms with van der Waals surface area (Å²) in [4.78, 5) is 29.2. The number of aromatic nitrogens is 3. The molecule has 0 unspecified atom stereocenters. The average molecular weight is 509 g/mol. The van der Waals surface area contributed by atoms with Crippen LogP contribution in [0.5, 0.6) is 11.6 Å². The fraction of sp³-hybridized carbons (Fsp3) is 0.310. The summed E-state index contributed by atoms with van der Waals surface area (Å²) < 4.78 is 14.1. The van der Waals surface area contributed by atoms with Crippen LogP contribution in [0.25, 0.3) is 33.0 Å². The summed E-state index contributed by atoms with van der Waals surface area (Å²) in [5, 5.41) is 0. The van der Waals surface area contributed by atoms with Gasteiger partial charge in [-0.15, -0.1) is 0 Å². The number of nitrogens with zero attached hydrogens (tertiary/aromatic N) is 6. The Morgan fingerprint density at radius 3 is 2.76 bits per heavy atom. The molecule has 2 aromatic carbocycles. The molecule has 1 amide bonds. The lowest BCUT2D eigenvalue weighted by molar-refractivity contribution is -0.120. The van der Waals surface area contributed by atoms with E-state index in [1.54, 1.807) is 30.3 Å². The maximum Gasteiger partial charge on any atom is 0.264 e. The lowest BCUT2D eigenvalue weighted by Crippen LogP contribution is -2.35. The molecule has 0 spiro atoms. The summed E-state index contributed by atoms with van der Waals surface area (Å²) in [6.07, 6.45) is 5.94. The zero-order valence-corrected chi connectivity index (χ0v) is 21.4. The van der Waals surface area contributed by atoms with E-state index >= 15 is 0 Å². The second-order valence-corrected chi connectivity index (χ2v) is 9.90. The Kier molecular flexibility index (Phi) is 6.18. The molecule has 0 saturated carbocycles. The number of imidazole rings is 1. The van der Waals surface area contributed by atoms with Crippen LogP contribution < -0.4 is 14.4 Å². The molecule has 0 N–H and O–H groups in total. The van der Waals surface area contributed by atoms with Crippen molar-refractivity contribution in [1.82, 2.24) is 19.3 Å². The SMILES string of the molecule is [C-]#[N+]c1ccc(-c2nc(OC[C@@H]3CCCN(C)C3)c3nccn3c2-c2ccc3c(c2)OCC(=O)N3C)cc1. The van der Waals surface area contributed by atoms with Crippen molar-refractivity contribution in [2.45, 2.75) is 12.8 Å². The largest absolute Gasteiger partial charge is 0.482 e. The van der Waals surface area contributed by atoms with Crippen LogP contribution in [-0.4, -0.2) is 65.6 Å². The summed E-state index contributed by atoms with van der Waals surface area (Å²) >= 11 is 0. The quantitative estimate of drug-likeness (QED) is 0.364. The summed E-state index contributed by atoms with van der Waals surface area (Å²) in [6.45, 7) is 10.0. The molecule has 192 valence electrons. The van der Waals surface area contributed by atoms with Crippen molar-refractivity contribution < 1.29 is 14.3 Å². The summed E-state index contributed by atoms with van der Waals surface area (Å²) in [5.41, 5.74) is 5.18. The molecule has 1 fully saturated rings. The molecule has 0 aliphatic carbocycles. The van der Waals surface area contributed by atoms with E-state index in [9.17, 15) is 4.79 Å². The molecule has 1 saturated heterocycles. The smallest absolute Gasteiger partial charge is 0.264 e. The molecule has 4 heterocycles. The van der Waals surface area contributed by atoms with E-state index in [1.165, 1.54) is 0 Å². The number of carbonyl (C=O) groups excluding carboxylic acids is 1. The molecule has 2 aliphatic heterocycles. The maximum absolute atomic E-state index is 12.1. The monoisotopic (exact) mass is 508 g/mol. The van der Waals surface area contributed by atoms with Crippen molar-refractivity contribution in [3.8, 4) is 34.1 Å². The Morgan fingerprint density at radius 1 is 1.16 bits per heavy atom. The van der Waals surface area contributed by atoms with Gasteiger partial charge in [0.05, 0.1) is 30.3 Å². The molecular weight excluding hydrogens is 480 g/mol. The number of likely N-dealkylation sites (N-methyl/N-ethyl adjacent to an activating group) is 1. The number of carbonyl (C=O) groups is 1. The van der Waals surface area contributed by atoms with Gasteiger partial charge in [-0.1, -0.05) is 30.3 Å². The van der Waals surface area contributed by atoms with Crippen LogP contribution in [0.2, 0.25) is 0 Å². The first-order chi connectivity index (χ1) is 18.5. The average Bonchev–Trinajstić information content (AvgIpc) is 3.43. The number of fused-ring (bicyclic) bond motifs is 2. The summed E-state index contributed by atoms with van der Waals surface area (Å²) in [5.74, 6) is 1.46. The van der Waals surface area contributed by atoms with Gasteiger partial charge in [0, 0.05) is 37.5 Å². The van der Waals surface area contributed by atoms with Gasteiger partial charge in [-0.05, 0) is 44.1 Å². The third kappa shape index (κ3) is 4.33. The highest BCUT2D eigenvalue weighted by Gasteiger charge is 2.26. The third-order valence-corrected chi connectivity index (χ3v) is 7.28. The number of piperidine rings is 1. The van der Waals surface area contributed by atoms with Gasteiger partial charge in [0.25, 0.3) is 11.8 Å². The van der Waals surface area contributed by atoms with Crippen molar-refractivity contribution in [3.63, 3.8) is 0 Å². The van der Waals surface area contributed by atoms with E-state index in [0.29, 0.717) is 41.2 Å². The minimum atomic E-state index is -0.0878. The van der Waals surface area contributed by atoms with Crippen molar-refractivity contribution in [3.05, 3.63) is 66.3 Å². The number of amides is 1. The zero-order chi connectivity index (χ0) is 26.2. The zero-order valence-electron chi connectivity index (χ0n) is 21.4. The normalized spacial score (nSPS) is 17.7. The number of anilines is 1. The second-order valence-electron chi connectivity index (χ2n) is 9.90. The number of rotatable bonds is 5. The molecule has 2 aliphatic rings. The minimum Gasteiger partial charge on any atom is -0.482 e. The van der Waals surface area contributed by atoms with Gasteiger partial charge in [0.15, 0.2) is 12.3 Å².